The summed E-state index contributed by atoms with van der Waals surface area (Å²) in [5.74, 6) is -0.563. The van der Waals surface area contributed by atoms with E-state index in [0.717, 1.165) is 19.3 Å². The third-order valence-corrected chi connectivity index (χ3v) is 2.30. The molecule has 0 saturated carbocycles. The Bertz CT molecular complexity index is 355. The number of para-hydroxylation sites is 1. The number of carbonyl (C=O) groups is 1. The fourth-order valence-electron chi connectivity index (χ4n) is 1.36. The smallest absolute Gasteiger partial charge is 0.257 e. The second-order valence-electron chi connectivity index (χ2n) is 3.78. The number of rotatable bonds is 7. The van der Waals surface area contributed by atoms with Crippen LogP contribution in [0, 0.1) is 5.82 Å². The largest absolute Gasteiger partial charge is 0.481 e. The highest BCUT2D eigenvalue weighted by atomic mass is 19.1. The molecule has 94 valence electrons. The molecule has 3 nitrogen and oxygen atoms in total. The van der Waals surface area contributed by atoms with Crippen molar-refractivity contribution in [1.82, 2.24) is 5.32 Å². The van der Waals surface area contributed by atoms with Gasteiger partial charge in [-0.15, -0.1) is 0 Å². The van der Waals surface area contributed by atoms with Crippen LogP contribution in [0.4, 0.5) is 4.39 Å². The first-order valence-electron chi connectivity index (χ1n) is 5.88. The van der Waals surface area contributed by atoms with Gasteiger partial charge in [-0.3, -0.25) is 4.79 Å². The van der Waals surface area contributed by atoms with Crippen LogP contribution in [0.1, 0.15) is 26.2 Å². The minimum Gasteiger partial charge on any atom is -0.481 e. The highest BCUT2D eigenvalue weighted by Gasteiger charge is 2.05. The SMILES string of the molecule is CCCCCNC(=O)COc1ccccc1F. The third kappa shape index (κ3) is 5.33. The predicted octanol–water partition coefficient (Wildman–Crippen LogP) is 2.51. The number of hydrogen-bond acceptors (Lipinski definition) is 2. The molecule has 1 amide bonds. The first kappa shape index (κ1) is 13.5. The molecular weight excluding hydrogens is 221 g/mol. The lowest BCUT2D eigenvalue weighted by Gasteiger charge is -2.07. The van der Waals surface area contributed by atoms with Gasteiger partial charge in [-0.2, -0.15) is 0 Å². The topological polar surface area (TPSA) is 38.3 Å². The number of amides is 1. The van der Waals surface area contributed by atoms with Crippen molar-refractivity contribution in [3.63, 3.8) is 0 Å². The highest BCUT2D eigenvalue weighted by Crippen LogP contribution is 2.14. The average molecular weight is 239 g/mol. The number of halogens is 1. The van der Waals surface area contributed by atoms with Crippen molar-refractivity contribution < 1.29 is 13.9 Å². The summed E-state index contributed by atoms with van der Waals surface area (Å²) in [6.45, 7) is 2.60. The Kier molecular flexibility index (Phi) is 6.07. The van der Waals surface area contributed by atoms with Crippen LogP contribution >= 0.6 is 0 Å². The summed E-state index contributed by atoms with van der Waals surface area (Å²) in [7, 11) is 0. The van der Waals surface area contributed by atoms with Crippen molar-refractivity contribution in [1.29, 1.82) is 0 Å². The minimum absolute atomic E-state index is 0.108. The van der Waals surface area contributed by atoms with Crippen LogP contribution in [0.2, 0.25) is 0 Å². The fourth-order valence-corrected chi connectivity index (χ4v) is 1.36. The van der Waals surface area contributed by atoms with Crippen LogP contribution in [0.25, 0.3) is 0 Å². The molecule has 0 spiro atoms. The minimum atomic E-state index is -0.453. The van der Waals surface area contributed by atoms with Gasteiger partial charge in [-0.25, -0.2) is 4.39 Å². The van der Waals surface area contributed by atoms with Crippen LogP contribution in [0.3, 0.4) is 0 Å². The Hall–Kier alpha value is -1.58. The van der Waals surface area contributed by atoms with Crippen LogP contribution in [-0.4, -0.2) is 19.1 Å². The molecule has 17 heavy (non-hydrogen) atoms. The van der Waals surface area contributed by atoms with Crippen LogP contribution in [-0.2, 0) is 4.79 Å². The number of nitrogens with one attached hydrogen (secondary N) is 1. The van der Waals surface area contributed by atoms with E-state index in [0.29, 0.717) is 6.54 Å². The molecule has 0 unspecified atom stereocenters. The fraction of sp³-hybridized carbons (Fsp3) is 0.462. The van der Waals surface area contributed by atoms with E-state index >= 15 is 0 Å². The molecule has 1 N–H and O–H groups in total. The van der Waals surface area contributed by atoms with Gasteiger partial charge < -0.3 is 10.1 Å². The highest BCUT2D eigenvalue weighted by molar-refractivity contribution is 5.77. The molecule has 0 aliphatic carbocycles. The van der Waals surface area contributed by atoms with E-state index in [-0.39, 0.29) is 18.3 Å². The van der Waals surface area contributed by atoms with Crippen molar-refractivity contribution in [2.75, 3.05) is 13.2 Å². The summed E-state index contributed by atoms with van der Waals surface area (Å²) in [6.07, 6.45) is 3.16. The van der Waals surface area contributed by atoms with Gasteiger partial charge in [0.15, 0.2) is 18.2 Å². The Morgan fingerprint density at radius 2 is 2.12 bits per heavy atom. The van der Waals surface area contributed by atoms with E-state index in [1.165, 1.54) is 12.1 Å². The Balaban J connectivity index is 2.22. The maximum atomic E-state index is 13.1. The second kappa shape index (κ2) is 7.65. The van der Waals surface area contributed by atoms with Crippen LogP contribution < -0.4 is 10.1 Å². The third-order valence-electron chi connectivity index (χ3n) is 2.30. The summed E-state index contributed by atoms with van der Waals surface area (Å²) in [5, 5.41) is 2.72. The van der Waals surface area contributed by atoms with E-state index in [9.17, 15) is 9.18 Å². The van der Waals surface area contributed by atoms with E-state index in [4.69, 9.17) is 4.74 Å². The Labute approximate surface area is 101 Å². The van der Waals surface area contributed by atoms with E-state index in [2.05, 4.69) is 12.2 Å². The van der Waals surface area contributed by atoms with Crippen LogP contribution in [0.5, 0.6) is 5.75 Å². The summed E-state index contributed by atoms with van der Waals surface area (Å²) in [6, 6.07) is 6.04. The maximum Gasteiger partial charge on any atom is 0.257 e. The van der Waals surface area contributed by atoms with Crippen molar-refractivity contribution in [3.8, 4) is 5.75 Å². The van der Waals surface area contributed by atoms with Gasteiger partial charge in [0.1, 0.15) is 0 Å². The van der Waals surface area contributed by atoms with Gasteiger partial charge in [-0.05, 0) is 18.6 Å². The zero-order valence-electron chi connectivity index (χ0n) is 10.0. The molecular formula is C13H18FNO2. The molecule has 0 radical (unpaired) electrons. The lowest BCUT2D eigenvalue weighted by atomic mass is 10.2. The molecule has 0 aliphatic rings. The van der Waals surface area contributed by atoms with Crippen molar-refractivity contribution >= 4 is 5.91 Å². The van der Waals surface area contributed by atoms with E-state index in [1.54, 1.807) is 12.1 Å². The van der Waals surface area contributed by atoms with Gasteiger partial charge in [-0.1, -0.05) is 31.9 Å². The number of carbonyl (C=O) groups excluding carboxylic acids is 1. The molecule has 0 aromatic heterocycles. The quantitative estimate of drug-likeness (QED) is 0.742. The summed E-state index contributed by atoms with van der Waals surface area (Å²) in [4.78, 5) is 11.3. The summed E-state index contributed by atoms with van der Waals surface area (Å²) in [5.41, 5.74) is 0. The standard InChI is InChI=1S/C13H18FNO2/c1-2-3-6-9-15-13(16)10-17-12-8-5-4-7-11(12)14/h4-5,7-8H,2-3,6,9-10H2,1H3,(H,15,16). The van der Waals surface area contributed by atoms with Gasteiger partial charge in [0, 0.05) is 6.54 Å². The Morgan fingerprint density at radius 3 is 2.82 bits per heavy atom. The van der Waals surface area contributed by atoms with Crippen molar-refractivity contribution in [2.24, 2.45) is 0 Å². The molecule has 0 atom stereocenters. The molecule has 0 saturated heterocycles. The van der Waals surface area contributed by atoms with Gasteiger partial charge in [0.25, 0.3) is 5.91 Å². The number of ether oxygens (including phenoxy) is 1. The first-order valence-corrected chi connectivity index (χ1v) is 5.88. The maximum absolute atomic E-state index is 13.1. The zero-order chi connectivity index (χ0) is 12.5. The predicted molar refractivity (Wildman–Crippen MR) is 64.4 cm³/mol. The van der Waals surface area contributed by atoms with E-state index in [1.807, 2.05) is 0 Å². The number of hydrogen-bond donors (Lipinski definition) is 1. The van der Waals surface area contributed by atoms with E-state index < -0.39 is 5.82 Å². The lowest BCUT2D eigenvalue weighted by molar-refractivity contribution is -0.123. The average Bonchev–Trinajstić information content (AvgIpc) is 2.34. The van der Waals surface area contributed by atoms with Gasteiger partial charge >= 0.3 is 0 Å². The van der Waals surface area contributed by atoms with Crippen molar-refractivity contribution in [3.05, 3.63) is 30.1 Å². The number of benzene rings is 1. The summed E-state index contributed by atoms with van der Waals surface area (Å²) >= 11 is 0. The molecule has 4 heteroatoms. The van der Waals surface area contributed by atoms with Crippen LogP contribution in [0.15, 0.2) is 24.3 Å². The number of unbranched alkanes of at least 4 members (excludes halogenated alkanes) is 2. The summed E-state index contributed by atoms with van der Waals surface area (Å²) < 4.78 is 18.2. The van der Waals surface area contributed by atoms with Gasteiger partial charge in [0.2, 0.25) is 0 Å². The molecule has 1 aromatic carbocycles. The molecule has 1 rings (SSSR count). The Morgan fingerprint density at radius 1 is 1.35 bits per heavy atom. The molecule has 1 aromatic rings. The first-order chi connectivity index (χ1) is 8.24. The second-order valence-corrected chi connectivity index (χ2v) is 3.78. The molecule has 0 heterocycles. The molecule has 0 fully saturated rings. The normalized spacial score (nSPS) is 10.0. The lowest BCUT2D eigenvalue weighted by Crippen LogP contribution is -2.29. The zero-order valence-corrected chi connectivity index (χ0v) is 10.0. The molecule has 0 bridgehead atoms. The van der Waals surface area contributed by atoms with Crippen molar-refractivity contribution in [2.45, 2.75) is 26.2 Å². The monoisotopic (exact) mass is 239 g/mol. The van der Waals surface area contributed by atoms with Gasteiger partial charge in [0.05, 0.1) is 0 Å². The molecule has 0 aliphatic heterocycles.